The number of benzene rings is 1. The van der Waals surface area contributed by atoms with Gasteiger partial charge >= 0.3 is 0 Å². The van der Waals surface area contributed by atoms with Crippen molar-refractivity contribution in [3.63, 3.8) is 0 Å². The minimum absolute atomic E-state index is 0.0590. The lowest BCUT2D eigenvalue weighted by Gasteiger charge is -2.44. The van der Waals surface area contributed by atoms with E-state index in [0.29, 0.717) is 56.6 Å². The van der Waals surface area contributed by atoms with Crippen LogP contribution in [-0.2, 0) is 29.1 Å². The number of rotatable bonds is 7. The third kappa shape index (κ3) is 6.53. The van der Waals surface area contributed by atoms with E-state index in [9.17, 15) is 9.59 Å². The number of hydrogen-bond donors (Lipinski definition) is 0. The number of fused-ring (bicyclic) bond motifs is 3. The molecule has 2 unspecified atom stereocenters. The number of amides is 2. The van der Waals surface area contributed by atoms with Crippen LogP contribution in [-0.4, -0.2) is 64.0 Å². The summed E-state index contributed by atoms with van der Waals surface area (Å²) in [6.07, 6.45) is 8.97. The Hall–Kier alpha value is -3.72. The van der Waals surface area contributed by atoms with E-state index in [0.717, 1.165) is 43.5 Å². The molecular formula is C31H39N5O4. The number of piperidine rings is 1. The number of anilines is 1. The van der Waals surface area contributed by atoms with Gasteiger partial charge in [-0.1, -0.05) is 31.5 Å². The van der Waals surface area contributed by atoms with E-state index >= 15 is 0 Å². The number of carbonyl (C=O) groups excluding carboxylic acids is 2. The highest BCUT2D eigenvalue weighted by Gasteiger charge is 2.34. The smallest absolute Gasteiger partial charge is 0.254 e. The third-order valence-electron chi connectivity index (χ3n) is 8.18. The van der Waals surface area contributed by atoms with E-state index in [1.54, 1.807) is 13.2 Å². The average molecular weight is 546 g/mol. The zero-order chi connectivity index (χ0) is 27.9. The molecule has 0 aliphatic carbocycles. The van der Waals surface area contributed by atoms with E-state index in [1.165, 1.54) is 5.56 Å². The molecule has 1 fully saturated rings. The Balaban J connectivity index is 1.47. The molecule has 2 aliphatic heterocycles. The van der Waals surface area contributed by atoms with Crippen molar-refractivity contribution in [3.05, 3.63) is 71.7 Å². The molecule has 0 N–H and O–H groups in total. The Labute approximate surface area is 236 Å². The van der Waals surface area contributed by atoms with Gasteiger partial charge in [0, 0.05) is 81.7 Å². The van der Waals surface area contributed by atoms with Gasteiger partial charge in [0.05, 0.1) is 7.11 Å². The molecular weight excluding hydrogens is 506 g/mol. The maximum atomic E-state index is 13.8. The number of methoxy groups -OCH3 is 1. The van der Waals surface area contributed by atoms with Gasteiger partial charge < -0.3 is 19.1 Å². The van der Waals surface area contributed by atoms with E-state index in [-0.39, 0.29) is 17.9 Å². The lowest BCUT2D eigenvalue weighted by atomic mass is 9.92. The van der Waals surface area contributed by atoms with Gasteiger partial charge in [-0.15, -0.1) is 0 Å². The van der Waals surface area contributed by atoms with Gasteiger partial charge in [-0.3, -0.25) is 19.5 Å². The van der Waals surface area contributed by atoms with Crippen molar-refractivity contribution >= 4 is 17.5 Å². The van der Waals surface area contributed by atoms with Crippen LogP contribution in [0, 0.1) is 0 Å². The quantitative estimate of drug-likeness (QED) is 0.428. The summed E-state index contributed by atoms with van der Waals surface area (Å²) in [6.45, 7) is 4.46. The third-order valence-corrected chi connectivity index (χ3v) is 8.18. The number of para-hydroxylation sites is 1. The molecule has 1 aromatic carbocycles. The first-order chi connectivity index (χ1) is 19.6. The van der Waals surface area contributed by atoms with Crippen molar-refractivity contribution in [1.82, 2.24) is 19.9 Å². The summed E-state index contributed by atoms with van der Waals surface area (Å²) >= 11 is 0. The van der Waals surface area contributed by atoms with Crippen LogP contribution in [0.3, 0.4) is 0 Å². The Morgan fingerprint density at radius 3 is 2.62 bits per heavy atom. The molecule has 9 heteroatoms. The van der Waals surface area contributed by atoms with Crippen molar-refractivity contribution in [1.29, 1.82) is 0 Å². The summed E-state index contributed by atoms with van der Waals surface area (Å²) < 4.78 is 10.5. The molecule has 1 saturated heterocycles. The molecule has 2 atom stereocenters. The molecule has 5 rings (SSSR count). The van der Waals surface area contributed by atoms with Gasteiger partial charge in [-0.2, -0.15) is 0 Å². The van der Waals surface area contributed by atoms with Crippen LogP contribution in [0.2, 0.25) is 0 Å². The number of aromatic nitrogens is 2. The van der Waals surface area contributed by atoms with Crippen LogP contribution >= 0.6 is 0 Å². The standard InChI is InChI=1S/C31H39N5O4/c1-3-30(37)35-18-15-25-8-6-9-26(36(25)20-23-13-16-32-17-14-23)22-34(21-24-7-4-5-10-28(24)35)31(38)12-11-27-19-29(39-2)33-40-27/h4-5,7,10,13-14,16-17,19,25-26H,3,6,8-9,11-12,15,18,20-22H2,1-2H3. The van der Waals surface area contributed by atoms with Gasteiger partial charge in [0.25, 0.3) is 5.88 Å². The normalized spacial score (nSPS) is 19.9. The number of aryl methyl sites for hydroxylation is 1. The molecule has 2 amide bonds. The molecule has 2 bridgehead atoms. The predicted octanol–water partition coefficient (Wildman–Crippen LogP) is 4.61. The summed E-state index contributed by atoms with van der Waals surface area (Å²) in [5.41, 5.74) is 3.11. The van der Waals surface area contributed by atoms with Crippen molar-refractivity contribution < 1.29 is 18.8 Å². The molecule has 0 radical (unpaired) electrons. The second-order valence-electron chi connectivity index (χ2n) is 10.7. The van der Waals surface area contributed by atoms with Gasteiger partial charge in [-0.25, -0.2) is 0 Å². The molecule has 212 valence electrons. The number of nitrogens with zero attached hydrogens (tertiary/aromatic N) is 5. The summed E-state index contributed by atoms with van der Waals surface area (Å²) in [7, 11) is 1.54. The van der Waals surface area contributed by atoms with E-state index < -0.39 is 0 Å². The fraction of sp³-hybridized carbons (Fsp3) is 0.484. The van der Waals surface area contributed by atoms with Gasteiger partial charge in [0.1, 0.15) is 5.76 Å². The summed E-state index contributed by atoms with van der Waals surface area (Å²) in [6, 6.07) is 14.4. The van der Waals surface area contributed by atoms with Crippen LogP contribution in [0.5, 0.6) is 5.88 Å². The van der Waals surface area contributed by atoms with Crippen LogP contribution in [0.15, 0.2) is 59.4 Å². The summed E-state index contributed by atoms with van der Waals surface area (Å²) in [5, 5.41) is 3.87. The lowest BCUT2D eigenvalue weighted by molar-refractivity contribution is -0.133. The van der Waals surface area contributed by atoms with Crippen molar-refractivity contribution in [2.45, 2.75) is 77.0 Å². The fourth-order valence-corrected chi connectivity index (χ4v) is 6.05. The number of hydrogen-bond acceptors (Lipinski definition) is 7. The predicted molar refractivity (Wildman–Crippen MR) is 152 cm³/mol. The molecule has 2 aliphatic rings. The maximum Gasteiger partial charge on any atom is 0.254 e. The summed E-state index contributed by atoms with van der Waals surface area (Å²) in [4.78, 5) is 37.8. The lowest BCUT2D eigenvalue weighted by Crippen LogP contribution is -2.52. The minimum Gasteiger partial charge on any atom is -0.479 e. The first-order valence-electron chi connectivity index (χ1n) is 14.4. The van der Waals surface area contributed by atoms with E-state index in [2.05, 4.69) is 27.2 Å². The highest BCUT2D eigenvalue weighted by atomic mass is 16.5. The van der Waals surface area contributed by atoms with Crippen LogP contribution in [0.4, 0.5) is 5.69 Å². The molecule has 3 aromatic rings. The van der Waals surface area contributed by atoms with E-state index in [4.69, 9.17) is 9.26 Å². The molecule has 40 heavy (non-hydrogen) atoms. The fourth-order valence-electron chi connectivity index (χ4n) is 6.05. The molecule has 0 spiro atoms. The SMILES string of the molecule is CCC(=O)N1CCC2CCCC(CN(C(=O)CCc3cc(OC)no3)Cc3ccccc31)N2Cc1ccncc1. The monoisotopic (exact) mass is 545 g/mol. The maximum absolute atomic E-state index is 13.8. The highest BCUT2D eigenvalue weighted by molar-refractivity contribution is 5.94. The second-order valence-corrected chi connectivity index (χ2v) is 10.7. The number of pyridine rings is 1. The zero-order valence-electron chi connectivity index (χ0n) is 23.5. The van der Waals surface area contributed by atoms with Crippen molar-refractivity contribution in [2.75, 3.05) is 25.1 Å². The average Bonchev–Trinajstić information content (AvgIpc) is 3.45. The first kappa shape index (κ1) is 27.8. The Morgan fingerprint density at radius 1 is 1.05 bits per heavy atom. The molecule has 2 aromatic heterocycles. The Morgan fingerprint density at radius 2 is 1.85 bits per heavy atom. The van der Waals surface area contributed by atoms with E-state index in [1.807, 2.05) is 53.4 Å². The second kappa shape index (κ2) is 13.1. The summed E-state index contributed by atoms with van der Waals surface area (Å²) in [5.74, 6) is 1.20. The molecule has 9 nitrogen and oxygen atoms in total. The van der Waals surface area contributed by atoms with Crippen LogP contribution in [0.1, 0.15) is 62.3 Å². The van der Waals surface area contributed by atoms with Crippen molar-refractivity contribution in [2.24, 2.45) is 0 Å². The molecule has 4 heterocycles. The first-order valence-corrected chi connectivity index (χ1v) is 14.4. The van der Waals surface area contributed by atoms with Crippen molar-refractivity contribution in [3.8, 4) is 5.88 Å². The Bertz CT molecular complexity index is 1280. The van der Waals surface area contributed by atoms with Crippen LogP contribution in [0.25, 0.3) is 0 Å². The molecule has 0 saturated carbocycles. The van der Waals surface area contributed by atoms with Gasteiger partial charge in [0.2, 0.25) is 11.8 Å². The Kier molecular flexibility index (Phi) is 9.11. The number of ether oxygens (including phenoxy) is 1. The van der Waals surface area contributed by atoms with Gasteiger partial charge in [0.15, 0.2) is 0 Å². The topological polar surface area (TPSA) is 92.0 Å². The minimum atomic E-state index is 0.0590. The zero-order valence-corrected chi connectivity index (χ0v) is 23.5. The van der Waals surface area contributed by atoms with Gasteiger partial charge in [-0.05, 0) is 53.7 Å². The largest absolute Gasteiger partial charge is 0.479 e. The number of carbonyl (C=O) groups is 2. The van der Waals surface area contributed by atoms with Crippen LogP contribution < -0.4 is 9.64 Å². The highest BCUT2D eigenvalue weighted by Crippen LogP contribution is 2.32.